The standard InChI is InChI=1S/C15H33NO4Si/c1-14(2,3)20-13(17)16-12(18-7)10-11-19-21(8,9)15(4,5)6/h12H,10-11H2,1-9H3,(H,16,17)/t12-/m0/s1. The number of hydrogen-bond acceptors (Lipinski definition) is 4. The zero-order valence-corrected chi connectivity index (χ0v) is 16.1. The van der Waals surface area contributed by atoms with Crippen LogP contribution in [0.2, 0.25) is 18.1 Å². The Labute approximate surface area is 130 Å². The molecule has 0 rings (SSSR count). The molecule has 0 spiro atoms. The SMILES string of the molecule is CO[C@@H](CCO[Si](C)(C)C(C)(C)C)NC(=O)OC(C)(C)C. The Morgan fingerprint density at radius 1 is 1.14 bits per heavy atom. The zero-order chi connectivity index (χ0) is 16.9. The summed E-state index contributed by atoms with van der Waals surface area (Å²) in [6, 6.07) is 0. The van der Waals surface area contributed by atoms with Crippen molar-refractivity contribution >= 4 is 14.4 Å². The number of nitrogens with one attached hydrogen (secondary N) is 1. The van der Waals surface area contributed by atoms with E-state index in [0.29, 0.717) is 13.0 Å². The number of ether oxygens (including phenoxy) is 2. The van der Waals surface area contributed by atoms with E-state index < -0.39 is 26.2 Å². The Morgan fingerprint density at radius 2 is 1.67 bits per heavy atom. The highest BCUT2D eigenvalue weighted by Gasteiger charge is 2.37. The van der Waals surface area contributed by atoms with Gasteiger partial charge >= 0.3 is 6.09 Å². The summed E-state index contributed by atoms with van der Waals surface area (Å²) in [6.45, 7) is 17.1. The second kappa shape index (κ2) is 7.60. The van der Waals surface area contributed by atoms with Gasteiger partial charge in [-0.2, -0.15) is 0 Å². The lowest BCUT2D eigenvalue weighted by molar-refractivity contribution is 0.0170. The van der Waals surface area contributed by atoms with Crippen molar-refractivity contribution in [3.8, 4) is 0 Å². The lowest BCUT2D eigenvalue weighted by Gasteiger charge is -2.36. The molecule has 0 fully saturated rings. The van der Waals surface area contributed by atoms with Crippen LogP contribution in [0.1, 0.15) is 48.0 Å². The number of hydrogen-bond donors (Lipinski definition) is 1. The second-order valence-electron chi connectivity index (χ2n) is 7.77. The van der Waals surface area contributed by atoms with Gasteiger partial charge in [0.2, 0.25) is 0 Å². The number of carbonyl (C=O) groups is 1. The Hall–Kier alpha value is -0.593. The van der Waals surface area contributed by atoms with Crippen LogP contribution in [-0.4, -0.2) is 40.0 Å². The third-order valence-electron chi connectivity index (χ3n) is 3.61. The second-order valence-corrected chi connectivity index (χ2v) is 12.6. The normalized spacial score (nSPS) is 14.7. The predicted molar refractivity (Wildman–Crippen MR) is 87.9 cm³/mol. The maximum absolute atomic E-state index is 11.7. The molecule has 0 aromatic rings. The number of alkyl carbamates (subject to hydrolysis) is 1. The summed E-state index contributed by atoms with van der Waals surface area (Å²) in [5.41, 5.74) is -0.514. The molecule has 0 aliphatic carbocycles. The maximum atomic E-state index is 11.7. The highest BCUT2D eigenvalue weighted by atomic mass is 28.4. The molecule has 0 aliphatic heterocycles. The Kier molecular flexibility index (Phi) is 7.39. The van der Waals surface area contributed by atoms with Crippen molar-refractivity contribution in [2.24, 2.45) is 0 Å². The first-order chi connectivity index (χ1) is 9.28. The van der Waals surface area contributed by atoms with Gasteiger partial charge in [-0.25, -0.2) is 4.79 Å². The first kappa shape index (κ1) is 20.4. The van der Waals surface area contributed by atoms with Crippen molar-refractivity contribution in [1.29, 1.82) is 0 Å². The first-order valence-corrected chi connectivity index (χ1v) is 10.4. The molecule has 0 aromatic heterocycles. The topological polar surface area (TPSA) is 56.8 Å². The molecule has 0 heterocycles. The minimum absolute atomic E-state index is 0.175. The van der Waals surface area contributed by atoms with E-state index in [1.807, 2.05) is 20.8 Å². The fourth-order valence-corrected chi connectivity index (χ4v) is 2.39. The van der Waals surface area contributed by atoms with Crippen LogP contribution in [0.5, 0.6) is 0 Å². The van der Waals surface area contributed by atoms with Gasteiger partial charge in [-0.3, -0.25) is 5.32 Å². The summed E-state index contributed by atoms with van der Waals surface area (Å²) in [7, 11) is -0.198. The molecule has 21 heavy (non-hydrogen) atoms. The van der Waals surface area contributed by atoms with Gasteiger partial charge in [-0.05, 0) is 38.9 Å². The van der Waals surface area contributed by atoms with Gasteiger partial charge in [0.05, 0.1) is 0 Å². The molecule has 1 amide bonds. The van der Waals surface area contributed by atoms with Crippen LogP contribution in [0.3, 0.4) is 0 Å². The molecule has 0 saturated carbocycles. The number of rotatable bonds is 6. The summed E-state index contributed by atoms with van der Waals surface area (Å²) in [6.07, 6.45) is -0.270. The zero-order valence-electron chi connectivity index (χ0n) is 15.1. The molecule has 0 radical (unpaired) electrons. The molecule has 0 unspecified atom stereocenters. The summed E-state index contributed by atoms with van der Waals surface area (Å²) < 4.78 is 16.5. The quantitative estimate of drug-likeness (QED) is 0.596. The van der Waals surface area contributed by atoms with Crippen molar-refractivity contribution in [2.75, 3.05) is 13.7 Å². The van der Waals surface area contributed by atoms with E-state index in [9.17, 15) is 4.79 Å². The van der Waals surface area contributed by atoms with Crippen LogP contribution in [-0.2, 0) is 13.9 Å². The highest BCUT2D eigenvalue weighted by Crippen LogP contribution is 2.36. The van der Waals surface area contributed by atoms with E-state index in [1.165, 1.54) is 0 Å². The van der Waals surface area contributed by atoms with Crippen LogP contribution in [0.15, 0.2) is 0 Å². The van der Waals surface area contributed by atoms with Crippen LogP contribution >= 0.6 is 0 Å². The van der Waals surface area contributed by atoms with Crippen molar-refractivity contribution in [3.05, 3.63) is 0 Å². The van der Waals surface area contributed by atoms with Crippen molar-refractivity contribution in [2.45, 2.75) is 77.9 Å². The average Bonchev–Trinajstić information content (AvgIpc) is 2.23. The summed E-state index contributed by atoms with van der Waals surface area (Å²) in [4.78, 5) is 11.7. The summed E-state index contributed by atoms with van der Waals surface area (Å²) in [5.74, 6) is 0. The Bertz CT molecular complexity index is 332. The van der Waals surface area contributed by atoms with Crippen LogP contribution in [0.4, 0.5) is 4.79 Å². The van der Waals surface area contributed by atoms with Crippen molar-refractivity contribution in [1.82, 2.24) is 5.32 Å². The van der Waals surface area contributed by atoms with E-state index in [2.05, 4.69) is 39.2 Å². The monoisotopic (exact) mass is 319 g/mol. The third-order valence-corrected chi connectivity index (χ3v) is 8.15. The van der Waals surface area contributed by atoms with E-state index in [1.54, 1.807) is 7.11 Å². The summed E-state index contributed by atoms with van der Waals surface area (Å²) >= 11 is 0. The van der Waals surface area contributed by atoms with Gasteiger partial charge in [-0.1, -0.05) is 20.8 Å². The van der Waals surface area contributed by atoms with Gasteiger partial charge < -0.3 is 13.9 Å². The molecule has 5 nitrogen and oxygen atoms in total. The highest BCUT2D eigenvalue weighted by molar-refractivity contribution is 6.74. The molecule has 1 atom stereocenters. The van der Waals surface area contributed by atoms with Crippen LogP contribution < -0.4 is 5.32 Å². The Balaban J connectivity index is 4.26. The molecule has 1 N–H and O–H groups in total. The van der Waals surface area contributed by atoms with Gasteiger partial charge in [-0.15, -0.1) is 0 Å². The molecule has 6 heteroatoms. The van der Waals surface area contributed by atoms with Gasteiger partial charge in [0.15, 0.2) is 8.32 Å². The van der Waals surface area contributed by atoms with Gasteiger partial charge in [0, 0.05) is 20.1 Å². The van der Waals surface area contributed by atoms with Crippen LogP contribution in [0.25, 0.3) is 0 Å². The van der Waals surface area contributed by atoms with Gasteiger partial charge in [0.25, 0.3) is 0 Å². The largest absolute Gasteiger partial charge is 0.444 e. The fraction of sp³-hybridized carbons (Fsp3) is 0.933. The van der Waals surface area contributed by atoms with E-state index in [0.717, 1.165) is 0 Å². The fourth-order valence-electron chi connectivity index (χ4n) is 1.33. The van der Waals surface area contributed by atoms with Gasteiger partial charge in [0.1, 0.15) is 11.8 Å². The van der Waals surface area contributed by atoms with Crippen molar-refractivity contribution in [3.63, 3.8) is 0 Å². The molecular weight excluding hydrogens is 286 g/mol. The molecule has 0 aliphatic rings. The van der Waals surface area contributed by atoms with E-state index >= 15 is 0 Å². The lowest BCUT2D eigenvalue weighted by Crippen LogP contribution is -2.43. The third kappa shape index (κ3) is 8.43. The molecule has 0 saturated heterocycles. The molecule has 0 bridgehead atoms. The average molecular weight is 320 g/mol. The smallest absolute Gasteiger partial charge is 0.409 e. The molecule has 126 valence electrons. The molecular formula is C15H33NO4Si. The van der Waals surface area contributed by atoms with E-state index in [-0.39, 0.29) is 5.04 Å². The first-order valence-electron chi connectivity index (χ1n) is 7.45. The predicted octanol–water partition coefficient (Wildman–Crippen LogP) is 3.90. The number of amides is 1. The van der Waals surface area contributed by atoms with E-state index in [4.69, 9.17) is 13.9 Å². The van der Waals surface area contributed by atoms with Crippen LogP contribution in [0, 0.1) is 0 Å². The maximum Gasteiger partial charge on any atom is 0.409 e. The number of methoxy groups -OCH3 is 1. The number of carbonyl (C=O) groups excluding carboxylic acids is 1. The molecule has 0 aromatic carbocycles. The minimum Gasteiger partial charge on any atom is -0.444 e. The summed E-state index contributed by atoms with van der Waals surface area (Å²) in [5, 5.41) is 2.88. The van der Waals surface area contributed by atoms with Crippen molar-refractivity contribution < 1.29 is 18.7 Å². The Morgan fingerprint density at radius 3 is 2.05 bits per heavy atom. The minimum atomic E-state index is -1.76. The lowest BCUT2D eigenvalue weighted by atomic mass is 10.2.